The molecule has 0 aliphatic carbocycles. The number of aldehydes is 1. The quantitative estimate of drug-likeness (QED) is 0.880. The maximum atomic E-state index is 11.3. The molecule has 2 aromatic rings. The summed E-state index contributed by atoms with van der Waals surface area (Å²) in [6.45, 7) is 0. The van der Waals surface area contributed by atoms with Crippen LogP contribution in [0.2, 0.25) is 0 Å². The maximum Gasteiger partial charge on any atom is 0.252 e. The number of carbonyl (C=O) groups is 2. The average molecular weight is 320 g/mol. The minimum absolute atomic E-state index is 0.266. The predicted octanol–water partition coefficient (Wildman–Crippen LogP) is 3.15. The fourth-order valence-corrected chi connectivity index (χ4v) is 1.96. The Hall–Kier alpha value is -2.14. The summed E-state index contributed by atoms with van der Waals surface area (Å²) in [4.78, 5) is 22.3. The van der Waals surface area contributed by atoms with Gasteiger partial charge in [-0.1, -0.05) is 28.1 Å². The van der Waals surface area contributed by atoms with Crippen LogP contribution >= 0.6 is 15.9 Å². The van der Waals surface area contributed by atoms with Gasteiger partial charge in [-0.05, 0) is 30.3 Å². The number of nitrogens with two attached hydrogens (primary N) is 1. The molecule has 0 spiro atoms. The van der Waals surface area contributed by atoms with Crippen LogP contribution in [0.3, 0.4) is 0 Å². The molecule has 0 bridgehead atoms. The Morgan fingerprint density at radius 1 is 1.16 bits per heavy atom. The van der Waals surface area contributed by atoms with Crippen LogP contribution in [0, 0.1) is 0 Å². The largest absolute Gasteiger partial charge is 0.456 e. The normalized spacial score (nSPS) is 9.95. The molecule has 0 aliphatic rings. The van der Waals surface area contributed by atoms with Crippen molar-refractivity contribution in [3.05, 3.63) is 58.1 Å². The highest BCUT2D eigenvalue weighted by molar-refractivity contribution is 9.10. The van der Waals surface area contributed by atoms with Crippen LogP contribution < -0.4 is 10.5 Å². The summed E-state index contributed by atoms with van der Waals surface area (Å²) in [7, 11) is 0. The minimum Gasteiger partial charge on any atom is -0.456 e. The van der Waals surface area contributed by atoms with Crippen molar-refractivity contribution < 1.29 is 14.3 Å². The molecule has 4 nitrogen and oxygen atoms in total. The van der Waals surface area contributed by atoms with Gasteiger partial charge in [0.1, 0.15) is 11.5 Å². The third kappa shape index (κ3) is 3.00. The number of hydrogen-bond donors (Lipinski definition) is 1. The van der Waals surface area contributed by atoms with Crippen molar-refractivity contribution >= 4 is 28.1 Å². The molecule has 2 rings (SSSR count). The number of para-hydroxylation sites is 1. The monoisotopic (exact) mass is 319 g/mol. The molecule has 96 valence electrons. The second-order valence-electron chi connectivity index (χ2n) is 3.76. The Kier molecular flexibility index (Phi) is 3.97. The van der Waals surface area contributed by atoms with E-state index in [-0.39, 0.29) is 5.56 Å². The zero-order valence-corrected chi connectivity index (χ0v) is 11.4. The van der Waals surface area contributed by atoms with Gasteiger partial charge in [0.25, 0.3) is 5.91 Å². The molecule has 0 saturated carbocycles. The molecule has 2 N–H and O–H groups in total. The summed E-state index contributed by atoms with van der Waals surface area (Å²) in [5.74, 6) is 0.104. The molecule has 0 aliphatic heterocycles. The summed E-state index contributed by atoms with van der Waals surface area (Å²) < 4.78 is 6.36. The summed E-state index contributed by atoms with van der Waals surface area (Å²) in [6, 6.07) is 11.6. The lowest BCUT2D eigenvalue weighted by Gasteiger charge is -2.10. The van der Waals surface area contributed by atoms with Gasteiger partial charge in [-0.15, -0.1) is 0 Å². The Morgan fingerprint density at radius 3 is 2.58 bits per heavy atom. The van der Waals surface area contributed by atoms with Crippen LogP contribution in [0.5, 0.6) is 11.5 Å². The first-order valence-corrected chi connectivity index (χ1v) is 6.22. The van der Waals surface area contributed by atoms with Crippen LogP contribution in [-0.2, 0) is 0 Å². The van der Waals surface area contributed by atoms with E-state index in [0.29, 0.717) is 23.3 Å². The van der Waals surface area contributed by atoms with E-state index < -0.39 is 5.91 Å². The van der Waals surface area contributed by atoms with E-state index in [4.69, 9.17) is 10.5 Å². The topological polar surface area (TPSA) is 69.4 Å². The molecule has 0 saturated heterocycles. The molecular weight excluding hydrogens is 310 g/mol. The lowest BCUT2D eigenvalue weighted by atomic mass is 10.2. The number of carbonyl (C=O) groups excluding carboxylic acids is 2. The molecule has 1 amide bonds. The smallest absolute Gasteiger partial charge is 0.252 e. The first-order valence-electron chi connectivity index (χ1n) is 5.43. The van der Waals surface area contributed by atoms with Gasteiger partial charge in [-0.25, -0.2) is 0 Å². The fourth-order valence-electron chi connectivity index (χ4n) is 1.58. The van der Waals surface area contributed by atoms with Gasteiger partial charge in [0.15, 0.2) is 6.29 Å². The average Bonchev–Trinajstić information content (AvgIpc) is 2.41. The van der Waals surface area contributed by atoms with Gasteiger partial charge in [-0.2, -0.15) is 0 Å². The predicted molar refractivity (Wildman–Crippen MR) is 74.6 cm³/mol. The van der Waals surface area contributed by atoms with Crippen LogP contribution in [0.1, 0.15) is 20.7 Å². The van der Waals surface area contributed by atoms with E-state index in [2.05, 4.69) is 15.9 Å². The van der Waals surface area contributed by atoms with Crippen molar-refractivity contribution in [2.75, 3.05) is 0 Å². The van der Waals surface area contributed by atoms with Crippen molar-refractivity contribution in [2.45, 2.75) is 0 Å². The van der Waals surface area contributed by atoms with Crippen molar-refractivity contribution in [3.63, 3.8) is 0 Å². The van der Waals surface area contributed by atoms with Crippen molar-refractivity contribution in [1.29, 1.82) is 0 Å². The van der Waals surface area contributed by atoms with Crippen LogP contribution in [0.25, 0.3) is 0 Å². The van der Waals surface area contributed by atoms with Gasteiger partial charge in [0, 0.05) is 4.47 Å². The molecule has 0 radical (unpaired) electrons. The standard InChI is InChI=1S/C14H10BrNO3/c15-10-5-6-12(9(7-10)8-17)19-13-4-2-1-3-11(13)14(16)18/h1-8H,(H2,16,18). The molecule has 0 heterocycles. The zero-order chi connectivity index (χ0) is 13.8. The summed E-state index contributed by atoms with van der Waals surface area (Å²) in [5.41, 5.74) is 5.92. The molecule has 0 unspecified atom stereocenters. The Labute approximate surface area is 118 Å². The van der Waals surface area contributed by atoms with E-state index in [0.717, 1.165) is 4.47 Å². The van der Waals surface area contributed by atoms with Gasteiger partial charge in [0.2, 0.25) is 0 Å². The first kappa shape index (κ1) is 13.3. The van der Waals surface area contributed by atoms with Gasteiger partial charge >= 0.3 is 0 Å². The van der Waals surface area contributed by atoms with E-state index in [1.165, 1.54) is 0 Å². The lowest BCUT2D eigenvalue weighted by molar-refractivity contribution is 0.0998. The molecule has 19 heavy (non-hydrogen) atoms. The molecule has 0 aromatic heterocycles. The summed E-state index contributed by atoms with van der Waals surface area (Å²) in [5, 5.41) is 0. The maximum absolute atomic E-state index is 11.3. The van der Waals surface area contributed by atoms with E-state index in [1.807, 2.05) is 0 Å². The van der Waals surface area contributed by atoms with Crippen LogP contribution in [0.15, 0.2) is 46.9 Å². The molecule has 2 aromatic carbocycles. The molecule has 0 fully saturated rings. The number of rotatable bonds is 4. The van der Waals surface area contributed by atoms with Gasteiger partial charge < -0.3 is 10.5 Å². The molecule has 5 heteroatoms. The van der Waals surface area contributed by atoms with Crippen LogP contribution in [0.4, 0.5) is 0 Å². The summed E-state index contributed by atoms with van der Waals surface area (Å²) >= 11 is 3.27. The molecular formula is C14H10BrNO3. The van der Waals surface area contributed by atoms with E-state index in [1.54, 1.807) is 42.5 Å². The van der Waals surface area contributed by atoms with E-state index >= 15 is 0 Å². The third-order valence-corrected chi connectivity index (χ3v) is 2.96. The van der Waals surface area contributed by atoms with Gasteiger partial charge in [-0.3, -0.25) is 9.59 Å². The number of hydrogen-bond acceptors (Lipinski definition) is 3. The van der Waals surface area contributed by atoms with Crippen molar-refractivity contribution in [2.24, 2.45) is 5.73 Å². The van der Waals surface area contributed by atoms with E-state index in [9.17, 15) is 9.59 Å². The SMILES string of the molecule is NC(=O)c1ccccc1Oc1ccc(Br)cc1C=O. The third-order valence-electron chi connectivity index (χ3n) is 2.47. The number of benzene rings is 2. The Bertz CT molecular complexity index is 640. The minimum atomic E-state index is -0.583. The Balaban J connectivity index is 2.42. The second kappa shape index (κ2) is 5.67. The highest BCUT2D eigenvalue weighted by Crippen LogP contribution is 2.29. The highest BCUT2D eigenvalue weighted by atomic mass is 79.9. The summed E-state index contributed by atoms with van der Waals surface area (Å²) in [6.07, 6.45) is 0.687. The highest BCUT2D eigenvalue weighted by Gasteiger charge is 2.11. The lowest BCUT2D eigenvalue weighted by Crippen LogP contribution is -2.12. The molecule has 0 atom stereocenters. The number of halogens is 1. The number of ether oxygens (including phenoxy) is 1. The van der Waals surface area contributed by atoms with Crippen molar-refractivity contribution in [3.8, 4) is 11.5 Å². The van der Waals surface area contributed by atoms with Gasteiger partial charge in [0.05, 0.1) is 11.1 Å². The van der Waals surface area contributed by atoms with Crippen LogP contribution in [-0.4, -0.2) is 12.2 Å². The zero-order valence-electron chi connectivity index (χ0n) is 9.80. The number of amides is 1. The number of primary amides is 1. The Morgan fingerprint density at radius 2 is 1.89 bits per heavy atom. The first-order chi connectivity index (χ1) is 9.11. The fraction of sp³-hybridized carbons (Fsp3) is 0. The van der Waals surface area contributed by atoms with Crippen molar-refractivity contribution in [1.82, 2.24) is 0 Å². The second-order valence-corrected chi connectivity index (χ2v) is 4.68.